The molecule has 0 unspecified atom stereocenters. The number of benzene rings is 2. The van der Waals surface area contributed by atoms with Crippen LogP contribution in [0.5, 0.6) is 5.75 Å². The number of amides is 2. The Kier molecular flexibility index (Phi) is 18.0. The molecule has 0 atom stereocenters. The summed E-state index contributed by atoms with van der Waals surface area (Å²) >= 11 is 1.81. The fourth-order valence-electron chi connectivity index (χ4n) is 5.55. The van der Waals surface area contributed by atoms with Gasteiger partial charge in [-0.25, -0.2) is 4.79 Å². The van der Waals surface area contributed by atoms with E-state index in [4.69, 9.17) is 4.74 Å². The molecule has 2 aromatic carbocycles. The Morgan fingerprint density at radius 3 is 2.02 bits per heavy atom. The molecule has 1 aliphatic heterocycles. The average molecular weight is 689 g/mol. The lowest BCUT2D eigenvalue weighted by Crippen LogP contribution is -2.37. The zero-order chi connectivity index (χ0) is 30.9. The van der Waals surface area contributed by atoms with Gasteiger partial charge in [0.1, 0.15) is 5.75 Å². The van der Waals surface area contributed by atoms with Crippen molar-refractivity contribution < 1.29 is 9.53 Å². The molecule has 1 N–H and O–H groups in total. The van der Waals surface area contributed by atoms with Gasteiger partial charge in [0, 0.05) is 25.5 Å². The molecule has 0 spiro atoms. The number of thioether (sulfide) groups is 1. The first-order valence-corrected chi connectivity index (χ1v) is 17.7. The van der Waals surface area contributed by atoms with E-state index < -0.39 is 0 Å². The molecular formula is C37H58BrN3O2S. The number of hydrogen-bond donors (Lipinski definition) is 1. The van der Waals surface area contributed by atoms with Crippen LogP contribution in [0.4, 0.5) is 10.5 Å². The van der Waals surface area contributed by atoms with E-state index in [1.54, 1.807) is 11.9 Å². The monoisotopic (exact) mass is 687 g/mol. The van der Waals surface area contributed by atoms with Crippen molar-refractivity contribution in [3.8, 4) is 5.75 Å². The van der Waals surface area contributed by atoms with Gasteiger partial charge in [-0.1, -0.05) is 123 Å². The van der Waals surface area contributed by atoms with E-state index in [9.17, 15) is 4.79 Å². The van der Waals surface area contributed by atoms with Crippen LogP contribution in [0.3, 0.4) is 0 Å². The van der Waals surface area contributed by atoms with E-state index >= 15 is 0 Å². The first-order chi connectivity index (χ1) is 20.8. The van der Waals surface area contributed by atoms with Crippen LogP contribution in [-0.2, 0) is 18.5 Å². The normalized spacial score (nSPS) is 12.7. The molecule has 44 heavy (non-hydrogen) atoms. The van der Waals surface area contributed by atoms with Gasteiger partial charge in [0.2, 0.25) is 0 Å². The fourth-order valence-corrected chi connectivity index (χ4v) is 6.27. The molecule has 0 bridgehead atoms. The molecule has 0 fully saturated rings. The summed E-state index contributed by atoms with van der Waals surface area (Å²) in [5.74, 6) is 1.93. The second-order valence-electron chi connectivity index (χ2n) is 13.0. The lowest BCUT2D eigenvalue weighted by molar-refractivity contribution is 0.248. The van der Waals surface area contributed by atoms with Crippen LogP contribution < -0.4 is 15.0 Å². The molecule has 2 aromatic rings. The number of carbonyl (C=O) groups is 1. The van der Waals surface area contributed by atoms with E-state index in [1.807, 2.05) is 23.9 Å². The predicted octanol–water partition coefficient (Wildman–Crippen LogP) is 11.0. The minimum absolute atomic E-state index is 0. The number of ether oxygens (including phenoxy) is 1. The van der Waals surface area contributed by atoms with Crippen LogP contribution in [0, 0.1) is 0 Å². The van der Waals surface area contributed by atoms with Crippen LogP contribution in [-0.4, -0.2) is 30.5 Å². The molecular weight excluding hydrogens is 630 g/mol. The van der Waals surface area contributed by atoms with Crippen molar-refractivity contribution >= 4 is 40.5 Å². The van der Waals surface area contributed by atoms with Crippen molar-refractivity contribution in [2.24, 2.45) is 0 Å². The van der Waals surface area contributed by atoms with Gasteiger partial charge in [-0.3, -0.25) is 4.90 Å². The number of rotatable bonds is 19. The number of unbranched alkanes of at least 4 members (excludes halogenated alkanes) is 11. The highest BCUT2D eigenvalue weighted by molar-refractivity contribution is 8.93. The SMILES string of the molecule is Br.CCCCCCCCCCCCCCOc1cc(CN(C(=O)NC)c2ccc(CN3C=CSC3)cc2)ccc1C(C)(C)C. The molecule has 7 heteroatoms. The van der Waals surface area contributed by atoms with Crippen molar-refractivity contribution in [3.05, 3.63) is 70.8 Å². The molecule has 0 saturated heterocycles. The quantitative estimate of drug-likeness (QED) is 0.149. The lowest BCUT2D eigenvalue weighted by Gasteiger charge is -2.26. The summed E-state index contributed by atoms with van der Waals surface area (Å²) in [6.45, 7) is 11.1. The standard InChI is InChI=1S/C37H57N3O2S.BrH/c1-6-7-8-9-10-11-12-13-14-15-16-17-25-42-35-27-32(20-23-34(35)37(2,3)4)29-40(36(41)38-5)33-21-18-31(19-22-33)28-39-24-26-43-30-39;/h18-24,26-27H,6-17,25,28-30H2,1-5H3,(H,38,41);1H. The third kappa shape index (κ3) is 13.5. The van der Waals surface area contributed by atoms with E-state index in [0.717, 1.165) is 42.4 Å². The first kappa shape index (κ1) is 38.1. The van der Waals surface area contributed by atoms with Gasteiger partial charge >= 0.3 is 6.03 Å². The van der Waals surface area contributed by atoms with E-state index in [0.29, 0.717) is 6.54 Å². The van der Waals surface area contributed by atoms with Gasteiger partial charge in [-0.05, 0) is 52.1 Å². The van der Waals surface area contributed by atoms with Gasteiger partial charge in [0.15, 0.2) is 0 Å². The predicted molar refractivity (Wildman–Crippen MR) is 196 cm³/mol. The zero-order valence-electron chi connectivity index (χ0n) is 28.0. The molecule has 2 amide bonds. The molecule has 1 aliphatic rings. The minimum atomic E-state index is -0.120. The Morgan fingerprint density at radius 2 is 1.48 bits per heavy atom. The van der Waals surface area contributed by atoms with Crippen molar-refractivity contribution in [2.75, 3.05) is 24.4 Å². The van der Waals surface area contributed by atoms with E-state index in [1.165, 1.54) is 81.8 Å². The number of halogens is 1. The fraction of sp³-hybridized carbons (Fsp3) is 0.595. The van der Waals surface area contributed by atoms with Crippen molar-refractivity contribution in [3.63, 3.8) is 0 Å². The highest BCUT2D eigenvalue weighted by Crippen LogP contribution is 2.33. The van der Waals surface area contributed by atoms with Gasteiger partial charge < -0.3 is 15.0 Å². The second-order valence-corrected chi connectivity index (χ2v) is 13.8. The molecule has 1 heterocycles. The third-order valence-corrected chi connectivity index (χ3v) is 8.95. The molecule has 0 aliphatic carbocycles. The van der Waals surface area contributed by atoms with Crippen molar-refractivity contribution in [1.82, 2.24) is 10.2 Å². The summed E-state index contributed by atoms with van der Waals surface area (Å²) in [7, 11) is 1.69. The highest BCUT2D eigenvalue weighted by atomic mass is 79.9. The van der Waals surface area contributed by atoms with Crippen LogP contribution in [0.2, 0.25) is 0 Å². The molecule has 246 valence electrons. The maximum atomic E-state index is 13.0. The Hall–Kier alpha value is -2.12. The van der Waals surface area contributed by atoms with Crippen LogP contribution >= 0.6 is 28.7 Å². The van der Waals surface area contributed by atoms with Gasteiger partial charge in [-0.15, -0.1) is 28.7 Å². The number of carbonyl (C=O) groups excluding carboxylic acids is 1. The van der Waals surface area contributed by atoms with Gasteiger partial charge in [-0.2, -0.15) is 0 Å². The summed E-state index contributed by atoms with van der Waals surface area (Å²) in [6, 6.07) is 14.7. The number of nitrogens with one attached hydrogen (secondary N) is 1. The van der Waals surface area contributed by atoms with Crippen molar-refractivity contribution in [1.29, 1.82) is 0 Å². The maximum Gasteiger partial charge on any atom is 0.321 e. The summed E-state index contributed by atoms with van der Waals surface area (Å²) in [4.78, 5) is 17.0. The number of anilines is 1. The van der Waals surface area contributed by atoms with Crippen LogP contribution in [0.15, 0.2) is 54.1 Å². The van der Waals surface area contributed by atoms with Crippen molar-refractivity contribution in [2.45, 2.75) is 123 Å². The molecule has 0 radical (unpaired) electrons. The number of nitrogens with zero attached hydrogens (tertiary/aromatic N) is 2. The molecule has 5 nitrogen and oxygen atoms in total. The van der Waals surface area contributed by atoms with E-state index in [-0.39, 0.29) is 28.4 Å². The Labute approximate surface area is 283 Å². The molecule has 3 rings (SSSR count). The minimum Gasteiger partial charge on any atom is -0.493 e. The molecule has 0 saturated carbocycles. The van der Waals surface area contributed by atoms with Gasteiger partial charge in [0.05, 0.1) is 19.0 Å². The highest BCUT2D eigenvalue weighted by Gasteiger charge is 2.21. The average Bonchev–Trinajstić information content (AvgIpc) is 3.51. The Morgan fingerprint density at radius 1 is 0.886 bits per heavy atom. The molecule has 0 aromatic heterocycles. The first-order valence-electron chi connectivity index (χ1n) is 16.7. The summed E-state index contributed by atoms with van der Waals surface area (Å²) in [5.41, 5.74) is 4.36. The Bertz CT molecular complexity index is 1120. The lowest BCUT2D eigenvalue weighted by atomic mass is 9.85. The Balaban J connectivity index is 0.00000675. The summed E-state index contributed by atoms with van der Waals surface area (Å²) in [6.07, 6.45) is 18.2. The topological polar surface area (TPSA) is 44.8 Å². The van der Waals surface area contributed by atoms with E-state index in [2.05, 4.69) is 79.9 Å². The maximum absolute atomic E-state index is 13.0. The van der Waals surface area contributed by atoms with Crippen LogP contribution in [0.1, 0.15) is 121 Å². The second kappa shape index (κ2) is 20.8. The largest absolute Gasteiger partial charge is 0.493 e. The smallest absolute Gasteiger partial charge is 0.321 e. The van der Waals surface area contributed by atoms with Gasteiger partial charge in [0.25, 0.3) is 0 Å². The zero-order valence-corrected chi connectivity index (χ0v) is 30.6. The number of hydrogen-bond acceptors (Lipinski definition) is 4. The van der Waals surface area contributed by atoms with Crippen LogP contribution in [0.25, 0.3) is 0 Å². The third-order valence-electron chi connectivity index (χ3n) is 8.15. The number of urea groups is 1. The summed E-state index contributed by atoms with van der Waals surface area (Å²) in [5, 5.41) is 4.95. The summed E-state index contributed by atoms with van der Waals surface area (Å²) < 4.78 is 6.42.